The highest BCUT2D eigenvalue weighted by atomic mass is 16.6. The smallest absolute Gasteiger partial charge is 0.410 e. The van der Waals surface area contributed by atoms with Crippen LogP contribution in [0.25, 0.3) is 0 Å². The van der Waals surface area contributed by atoms with Crippen molar-refractivity contribution in [2.24, 2.45) is 0 Å². The van der Waals surface area contributed by atoms with Gasteiger partial charge in [-0.1, -0.05) is 6.07 Å². The zero-order valence-electron chi connectivity index (χ0n) is 14.9. The number of nitrogens with one attached hydrogen (secondary N) is 1. The normalized spacial score (nSPS) is 21.9. The summed E-state index contributed by atoms with van der Waals surface area (Å²) in [4.78, 5) is 20.7. The summed E-state index contributed by atoms with van der Waals surface area (Å²) >= 11 is 0. The molecule has 0 bridgehead atoms. The number of carbonyl (C=O) groups is 1. The number of carbonyl (C=O) groups excluding carboxylic acids is 1. The average molecular weight is 332 g/mol. The lowest BCUT2D eigenvalue weighted by Crippen LogP contribution is -2.50. The SMILES string of the molecule is CC(C)(C)OC(=O)N1CCN(c2ccc([C@@H]3CCCN3)cn2)CC1. The van der Waals surface area contributed by atoms with Crippen molar-refractivity contribution in [3.63, 3.8) is 0 Å². The van der Waals surface area contributed by atoms with Crippen molar-refractivity contribution in [1.82, 2.24) is 15.2 Å². The topological polar surface area (TPSA) is 57.7 Å². The molecular formula is C18H28N4O2. The van der Waals surface area contributed by atoms with Gasteiger partial charge in [0.05, 0.1) is 0 Å². The lowest BCUT2D eigenvalue weighted by atomic mass is 10.1. The van der Waals surface area contributed by atoms with Crippen LogP contribution in [0.2, 0.25) is 0 Å². The minimum absolute atomic E-state index is 0.224. The van der Waals surface area contributed by atoms with Crippen molar-refractivity contribution in [2.45, 2.75) is 45.3 Å². The Kier molecular flexibility index (Phi) is 4.94. The van der Waals surface area contributed by atoms with Gasteiger partial charge in [-0.25, -0.2) is 9.78 Å². The second-order valence-electron chi connectivity index (χ2n) is 7.55. The first-order valence-corrected chi connectivity index (χ1v) is 8.84. The fourth-order valence-electron chi connectivity index (χ4n) is 3.20. The Hall–Kier alpha value is -1.82. The van der Waals surface area contributed by atoms with Crippen LogP contribution in [0.1, 0.15) is 45.2 Å². The Balaban J connectivity index is 1.53. The predicted octanol–water partition coefficient (Wildman–Crippen LogP) is 2.56. The summed E-state index contributed by atoms with van der Waals surface area (Å²) in [5.74, 6) is 0.987. The van der Waals surface area contributed by atoms with Gasteiger partial charge in [-0.15, -0.1) is 0 Å². The number of aromatic nitrogens is 1. The van der Waals surface area contributed by atoms with Crippen LogP contribution < -0.4 is 10.2 Å². The van der Waals surface area contributed by atoms with Gasteiger partial charge in [0.2, 0.25) is 0 Å². The molecule has 24 heavy (non-hydrogen) atoms. The first-order valence-electron chi connectivity index (χ1n) is 8.84. The standard InChI is InChI=1S/C18H28N4O2/c1-18(2,3)24-17(23)22-11-9-21(10-12-22)16-7-6-14(13-20-16)15-5-4-8-19-15/h6-7,13,15,19H,4-5,8-12H2,1-3H3/t15-/m0/s1. The molecule has 3 heterocycles. The summed E-state index contributed by atoms with van der Waals surface area (Å²) in [5.41, 5.74) is 0.823. The molecule has 1 aromatic rings. The van der Waals surface area contributed by atoms with Crippen molar-refractivity contribution in [2.75, 3.05) is 37.6 Å². The fourth-order valence-corrected chi connectivity index (χ4v) is 3.20. The molecule has 0 aliphatic carbocycles. The van der Waals surface area contributed by atoms with Crippen LogP contribution >= 0.6 is 0 Å². The van der Waals surface area contributed by atoms with E-state index in [1.807, 2.05) is 27.0 Å². The second kappa shape index (κ2) is 6.97. The van der Waals surface area contributed by atoms with E-state index in [-0.39, 0.29) is 6.09 Å². The molecule has 1 aromatic heterocycles. The highest BCUT2D eigenvalue weighted by Crippen LogP contribution is 2.24. The minimum atomic E-state index is -0.445. The molecule has 2 fully saturated rings. The van der Waals surface area contributed by atoms with E-state index < -0.39 is 5.60 Å². The number of nitrogens with zero attached hydrogens (tertiary/aromatic N) is 3. The molecule has 1 atom stereocenters. The van der Waals surface area contributed by atoms with E-state index in [1.54, 1.807) is 4.90 Å². The first kappa shape index (κ1) is 17.0. The van der Waals surface area contributed by atoms with Crippen molar-refractivity contribution < 1.29 is 9.53 Å². The van der Waals surface area contributed by atoms with Crippen molar-refractivity contribution in [3.8, 4) is 0 Å². The molecule has 132 valence electrons. The highest BCUT2D eigenvalue weighted by Gasteiger charge is 2.26. The molecule has 1 amide bonds. The number of piperazine rings is 1. The Morgan fingerprint density at radius 1 is 1.25 bits per heavy atom. The molecule has 1 N–H and O–H groups in total. The third kappa shape index (κ3) is 4.17. The summed E-state index contributed by atoms with van der Waals surface area (Å²) in [6.45, 7) is 9.69. The zero-order chi connectivity index (χ0) is 17.2. The molecule has 0 aromatic carbocycles. The fraction of sp³-hybridized carbons (Fsp3) is 0.667. The summed E-state index contributed by atoms with van der Waals surface area (Å²) in [6.07, 6.45) is 4.19. The summed E-state index contributed by atoms with van der Waals surface area (Å²) in [6, 6.07) is 4.72. The molecule has 2 aliphatic rings. The van der Waals surface area contributed by atoms with Crippen LogP contribution in [0.15, 0.2) is 18.3 Å². The number of hydrogen-bond acceptors (Lipinski definition) is 5. The van der Waals surface area contributed by atoms with Crippen molar-refractivity contribution >= 4 is 11.9 Å². The van der Waals surface area contributed by atoms with E-state index in [0.29, 0.717) is 19.1 Å². The van der Waals surface area contributed by atoms with Gasteiger partial charge < -0.3 is 19.9 Å². The van der Waals surface area contributed by atoms with Crippen LogP contribution in [0.3, 0.4) is 0 Å². The van der Waals surface area contributed by atoms with E-state index in [9.17, 15) is 4.79 Å². The van der Waals surface area contributed by atoms with E-state index in [1.165, 1.54) is 18.4 Å². The van der Waals surface area contributed by atoms with Gasteiger partial charge in [-0.05, 0) is 51.8 Å². The Morgan fingerprint density at radius 2 is 2.00 bits per heavy atom. The largest absolute Gasteiger partial charge is 0.444 e. The summed E-state index contributed by atoms with van der Waals surface area (Å²) in [5, 5.41) is 3.50. The van der Waals surface area contributed by atoms with Gasteiger partial charge in [-0.2, -0.15) is 0 Å². The zero-order valence-corrected chi connectivity index (χ0v) is 14.9. The molecular weight excluding hydrogens is 304 g/mol. The van der Waals surface area contributed by atoms with E-state index in [4.69, 9.17) is 4.74 Å². The number of rotatable bonds is 2. The van der Waals surface area contributed by atoms with Crippen molar-refractivity contribution in [3.05, 3.63) is 23.9 Å². The van der Waals surface area contributed by atoms with Crippen LogP contribution in [-0.2, 0) is 4.74 Å². The molecule has 0 radical (unpaired) electrons. The molecule has 2 aliphatic heterocycles. The molecule has 3 rings (SSSR count). The third-order valence-electron chi connectivity index (χ3n) is 4.49. The number of amides is 1. The number of anilines is 1. The molecule has 0 unspecified atom stereocenters. The minimum Gasteiger partial charge on any atom is -0.444 e. The number of hydrogen-bond donors (Lipinski definition) is 1. The monoisotopic (exact) mass is 332 g/mol. The predicted molar refractivity (Wildman–Crippen MR) is 94.2 cm³/mol. The van der Waals surface area contributed by atoms with Crippen LogP contribution in [0.4, 0.5) is 10.6 Å². The lowest BCUT2D eigenvalue weighted by Gasteiger charge is -2.36. The summed E-state index contributed by atoms with van der Waals surface area (Å²) < 4.78 is 5.44. The molecule has 0 saturated carbocycles. The number of pyridine rings is 1. The molecule has 6 nitrogen and oxygen atoms in total. The first-order chi connectivity index (χ1) is 11.4. The van der Waals surface area contributed by atoms with Crippen LogP contribution in [0.5, 0.6) is 0 Å². The highest BCUT2D eigenvalue weighted by molar-refractivity contribution is 5.68. The van der Waals surface area contributed by atoms with Gasteiger partial charge in [0.15, 0.2) is 0 Å². The van der Waals surface area contributed by atoms with Gasteiger partial charge in [0.1, 0.15) is 11.4 Å². The molecule has 0 spiro atoms. The maximum Gasteiger partial charge on any atom is 0.410 e. The molecule has 6 heteroatoms. The molecule has 2 saturated heterocycles. The van der Waals surface area contributed by atoms with E-state index >= 15 is 0 Å². The van der Waals surface area contributed by atoms with Crippen LogP contribution in [0, 0.1) is 0 Å². The van der Waals surface area contributed by atoms with E-state index in [0.717, 1.165) is 25.5 Å². The Morgan fingerprint density at radius 3 is 2.54 bits per heavy atom. The van der Waals surface area contributed by atoms with E-state index in [2.05, 4.69) is 27.3 Å². The van der Waals surface area contributed by atoms with Gasteiger partial charge >= 0.3 is 6.09 Å². The lowest BCUT2D eigenvalue weighted by molar-refractivity contribution is 0.0240. The van der Waals surface area contributed by atoms with Gasteiger partial charge in [0.25, 0.3) is 0 Å². The number of ether oxygens (including phenoxy) is 1. The Labute approximate surface area is 144 Å². The second-order valence-corrected chi connectivity index (χ2v) is 7.55. The summed E-state index contributed by atoms with van der Waals surface area (Å²) in [7, 11) is 0. The average Bonchev–Trinajstić information content (AvgIpc) is 3.08. The van der Waals surface area contributed by atoms with Crippen LogP contribution in [-0.4, -0.2) is 54.3 Å². The quantitative estimate of drug-likeness (QED) is 0.902. The maximum atomic E-state index is 12.1. The van der Waals surface area contributed by atoms with Gasteiger partial charge in [0, 0.05) is 38.4 Å². The maximum absolute atomic E-state index is 12.1. The third-order valence-corrected chi connectivity index (χ3v) is 4.49. The van der Waals surface area contributed by atoms with Crippen molar-refractivity contribution in [1.29, 1.82) is 0 Å². The van der Waals surface area contributed by atoms with Gasteiger partial charge in [-0.3, -0.25) is 0 Å². The Bertz CT molecular complexity index is 553.